The summed E-state index contributed by atoms with van der Waals surface area (Å²) in [6.45, 7) is 2.75. The van der Waals surface area contributed by atoms with E-state index in [0.29, 0.717) is 31.6 Å². The number of aliphatic hydroxyl groups excluding tert-OH is 1. The van der Waals surface area contributed by atoms with Crippen molar-refractivity contribution in [2.75, 3.05) is 13.1 Å². The highest BCUT2D eigenvalue weighted by atomic mass is 32.2. The van der Waals surface area contributed by atoms with Crippen molar-refractivity contribution >= 4 is 15.9 Å². The highest BCUT2D eigenvalue weighted by molar-refractivity contribution is 7.89. The molecular formula is C17H22N4O4S. The molecule has 1 amide bonds. The molecule has 3 rings (SSSR count). The molecule has 8 nitrogen and oxygen atoms in total. The number of carbonyl (C=O) groups excluding carboxylic acids is 1. The summed E-state index contributed by atoms with van der Waals surface area (Å²) in [7, 11) is -3.61. The van der Waals surface area contributed by atoms with Crippen LogP contribution in [0.4, 0.5) is 0 Å². The molecular weight excluding hydrogens is 356 g/mol. The van der Waals surface area contributed by atoms with Gasteiger partial charge in [-0.25, -0.2) is 13.1 Å². The average Bonchev–Trinajstić information content (AvgIpc) is 3.14. The minimum Gasteiger partial charge on any atom is -0.393 e. The summed E-state index contributed by atoms with van der Waals surface area (Å²) in [5.74, 6) is -0.121. The molecule has 0 bridgehead atoms. The molecule has 1 aliphatic rings. The number of aromatic amines is 1. The number of fused-ring (bicyclic) bond motifs is 1. The largest absolute Gasteiger partial charge is 0.393 e. The fourth-order valence-electron chi connectivity index (χ4n) is 2.90. The van der Waals surface area contributed by atoms with E-state index in [1.165, 1.54) is 6.20 Å². The number of aliphatic hydroxyl groups is 1. The first-order valence-electron chi connectivity index (χ1n) is 8.45. The number of carbonyl (C=O) groups is 1. The number of aromatic nitrogens is 2. The van der Waals surface area contributed by atoms with Crippen LogP contribution in [0.25, 0.3) is 0 Å². The molecule has 26 heavy (non-hydrogen) atoms. The molecule has 9 heteroatoms. The lowest BCUT2D eigenvalue weighted by atomic mass is 9.99. The van der Waals surface area contributed by atoms with Crippen molar-refractivity contribution in [3.05, 3.63) is 47.3 Å². The van der Waals surface area contributed by atoms with Crippen LogP contribution in [0.2, 0.25) is 0 Å². The van der Waals surface area contributed by atoms with Crippen molar-refractivity contribution in [1.82, 2.24) is 19.8 Å². The molecule has 2 heterocycles. The Morgan fingerprint density at radius 1 is 1.38 bits per heavy atom. The van der Waals surface area contributed by atoms with E-state index in [1.807, 2.05) is 0 Å². The van der Waals surface area contributed by atoms with Crippen LogP contribution in [0.3, 0.4) is 0 Å². The van der Waals surface area contributed by atoms with Gasteiger partial charge in [-0.05, 0) is 49.1 Å². The summed E-state index contributed by atoms with van der Waals surface area (Å²) in [5, 5.41) is 15.7. The van der Waals surface area contributed by atoms with E-state index in [-0.39, 0.29) is 17.3 Å². The Kier molecular flexibility index (Phi) is 5.40. The van der Waals surface area contributed by atoms with Crippen LogP contribution in [-0.4, -0.2) is 53.7 Å². The Morgan fingerprint density at radius 3 is 2.88 bits per heavy atom. The van der Waals surface area contributed by atoms with Crippen LogP contribution < -0.4 is 4.72 Å². The van der Waals surface area contributed by atoms with Crippen LogP contribution in [0.5, 0.6) is 0 Å². The minimum atomic E-state index is -3.61. The maximum Gasteiger partial charge on any atom is 0.272 e. The number of amides is 1. The van der Waals surface area contributed by atoms with Gasteiger partial charge in [0, 0.05) is 25.8 Å². The smallest absolute Gasteiger partial charge is 0.272 e. The van der Waals surface area contributed by atoms with E-state index in [9.17, 15) is 18.3 Å². The van der Waals surface area contributed by atoms with Gasteiger partial charge >= 0.3 is 0 Å². The molecule has 1 atom stereocenters. The SMILES string of the molecule is C[C@H](O)CCNS(=O)(=O)c1ccc2c(c1)CCN(C(=O)c1ccn[nH]1)C2. The van der Waals surface area contributed by atoms with Crippen molar-refractivity contribution < 1.29 is 18.3 Å². The lowest BCUT2D eigenvalue weighted by Crippen LogP contribution is -2.36. The van der Waals surface area contributed by atoms with E-state index >= 15 is 0 Å². The second-order valence-electron chi connectivity index (χ2n) is 6.41. The Balaban J connectivity index is 1.71. The molecule has 3 N–H and O–H groups in total. The Morgan fingerprint density at radius 2 is 2.19 bits per heavy atom. The second-order valence-corrected chi connectivity index (χ2v) is 8.18. The summed E-state index contributed by atoms with van der Waals surface area (Å²) >= 11 is 0. The number of sulfonamides is 1. The zero-order valence-corrected chi connectivity index (χ0v) is 15.3. The van der Waals surface area contributed by atoms with Crippen LogP contribution in [0, 0.1) is 0 Å². The molecule has 0 aliphatic carbocycles. The van der Waals surface area contributed by atoms with Crippen LogP contribution in [0.1, 0.15) is 35.0 Å². The van der Waals surface area contributed by atoms with Gasteiger partial charge in [-0.15, -0.1) is 0 Å². The van der Waals surface area contributed by atoms with Crippen molar-refractivity contribution in [2.45, 2.75) is 37.3 Å². The summed E-state index contributed by atoms with van der Waals surface area (Å²) < 4.78 is 27.2. The van der Waals surface area contributed by atoms with Crippen LogP contribution in [0.15, 0.2) is 35.4 Å². The van der Waals surface area contributed by atoms with E-state index < -0.39 is 16.1 Å². The van der Waals surface area contributed by atoms with Crippen molar-refractivity contribution in [1.29, 1.82) is 0 Å². The first-order chi connectivity index (χ1) is 12.4. The molecule has 2 aromatic rings. The molecule has 0 fully saturated rings. The van der Waals surface area contributed by atoms with Gasteiger partial charge in [0.25, 0.3) is 5.91 Å². The lowest BCUT2D eigenvalue weighted by Gasteiger charge is -2.28. The van der Waals surface area contributed by atoms with E-state index in [2.05, 4.69) is 14.9 Å². The molecule has 0 saturated carbocycles. The predicted molar refractivity (Wildman–Crippen MR) is 95.0 cm³/mol. The molecule has 140 valence electrons. The normalized spacial score (nSPS) is 15.5. The molecule has 1 aliphatic heterocycles. The average molecular weight is 378 g/mol. The zero-order chi connectivity index (χ0) is 18.7. The van der Waals surface area contributed by atoms with Crippen LogP contribution in [-0.2, 0) is 23.0 Å². The summed E-state index contributed by atoms with van der Waals surface area (Å²) in [6.07, 6.45) is 1.92. The topological polar surface area (TPSA) is 115 Å². The van der Waals surface area contributed by atoms with Gasteiger partial charge in [0.1, 0.15) is 5.69 Å². The minimum absolute atomic E-state index is 0.121. The Bertz CT molecular complexity index is 878. The maximum absolute atomic E-state index is 12.4. The number of nitrogens with zero attached hydrogens (tertiary/aromatic N) is 2. The van der Waals surface area contributed by atoms with Crippen LogP contribution >= 0.6 is 0 Å². The van der Waals surface area contributed by atoms with E-state index in [4.69, 9.17) is 0 Å². The Hall–Kier alpha value is -2.23. The Labute approximate surface area is 152 Å². The summed E-state index contributed by atoms with van der Waals surface area (Å²) in [5.41, 5.74) is 2.30. The molecule has 0 spiro atoms. The predicted octanol–water partition coefficient (Wildman–Crippen LogP) is 0.657. The number of H-pyrrole nitrogens is 1. The highest BCUT2D eigenvalue weighted by Gasteiger charge is 2.24. The fraction of sp³-hybridized carbons (Fsp3) is 0.412. The van der Waals surface area contributed by atoms with Gasteiger partial charge in [-0.1, -0.05) is 6.07 Å². The quantitative estimate of drug-likeness (QED) is 0.683. The number of nitrogens with one attached hydrogen (secondary N) is 2. The van der Waals surface area contributed by atoms with Gasteiger partial charge in [-0.3, -0.25) is 9.89 Å². The zero-order valence-electron chi connectivity index (χ0n) is 14.5. The van der Waals surface area contributed by atoms with Crippen molar-refractivity contribution in [2.24, 2.45) is 0 Å². The molecule has 0 radical (unpaired) electrons. The lowest BCUT2D eigenvalue weighted by molar-refractivity contribution is 0.0728. The van der Waals surface area contributed by atoms with E-state index in [1.54, 1.807) is 36.1 Å². The molecule has 0 unspecified atom stereocenters. The van der Waals surface area contributed by atoms with Gasteiger partial charge in [-0.2, -0.15) is 5.10 Å². The van der Waals surface area contributed by atoms with Gasteiger partial charge in [0.2, 0.25) is 10.0 Å². The third-order valence-electron chi connectivity index (χ3n) is 4.37. The fourth-order valence-corrected chi connectivity index (χ4v) is 4.00. The summed E-state index contributed by atoms with van der Waals surface area (Å²) in [4.78, 5) is 14.3. The maximum atomic E-state index is 12.4. The molecule has 1 aromatic heterocycles. The van der Waals surface area contributed by atoms with Gasteiger partial charge in [0.15, 0.2) is 0 Å². The first-order valence-corrected chi connectivity index (χ1v) is 9.93. The third kappa shape index (κ3) is 4.12. The van der Waals surface area contributed by atoms with Crippen molar-refractivity contribution in [3.8, 4) is 0 Å². The van der Waals surface area contributed by atoms with E-state index in [0.717, 1.165) is 11.1 Å². The van der Waals surface area contributed by atoms with Crippen molar-refractivity contribution in [3.63, 3.8) is 0 Å². The number of benzene rings is 1. The molecule has 0 saturated heterocycles. The second kappa shape index (κ2) is 7.56. The number of rotatable bonds is 6. The molecule has 1 aromatic carbocycles. The standard InChI is InChI=1S/C17H22N4O4S/c1-12(22)4-8-19-26(24,25)15-3-2-14-11-21(9-6-13(14)10-15)17(23)16-5-7-18-20-16/h2-3,5,7,10,12,19,22H,4,6,8-9,11H2,1H3,(H,18,20)/t12-/m0/s1. The third-order valence-corrected chi connectivity index (χ3v) is 5.83. The monoisotopic (exact) mass is 378 g/mol. The van der Waals surface area contributed by atoms with Gasteiger partial charge < -0.3 is 10.0 Å². The highest BCUT2D eigenvalue weighted by Crippen LogP contribution is 2.23. The van der Waals surface area contributed by atoms with Gasteiger partial charge in [0.05, 0.1) is 11.0 Å². The first kappa shape index (κ1) is 18.6. The number of hydrogen-bond donors (Lipinski definition) is 3. The number of hydrogen-bond acceptors (Lipinski definition) is 5. The summed E-state index contributed by atoms with van der Waals surface area (Å²) in [6, 6.07) is 6.60.